The summed E-state index contributed by atoms with van der Waals surface area (Å²) in [5, 5.41) is 14.1. The van der Waals surface area contributed by atoms with E-state index in [0.29, 0.717) is 18.9 Å². The van der Waals surface area contributed by atoms with Crippen molar-refractivity contribution in [3.05, 3.63) is 84.1 Å². The Hall–Kier alpha value is -2.96. The van der Waals surface area contributed by atoms with Crippen LogP contribution in [0.5, 0.6) is 0 Å². The van der Waals surface area contributed by atoms with Crippen LogP contribution in [0.1, 0.15) is 19.4 Å². The number of hydrogen-bond acceptors (Lipinski definition) is 6. The van der Waals surface area contributed by atoms with Gasteiger partial charge in [-0.2, -0.15) is 0 Å². The molecule has 0 aromatic heterocycles. The molecular formula is C27H34N2O3S. The molecule has 0 bridgehead atoms. The van der Waals surface area contributed by atoms with Crippen molar-refractivity contribution in [2.75, 3.05) is 44.0 Å². The van der Waals surface area contributed by atoms with Gasteiger partial charge in [-0.15, -0.1) is 0 Å². The highest BCUT2D eigenvalue weighted by Crippen LogP contribution is 2.31. The molecule has 0 aliphatic carbocycles. The predicted octanol–water partition coefficient (Wildman–Crippen LogP) is 5.78. The zero-order valence-electron chi connectivity index (χ0n) is 19.7. The summed E-state index contributed by atoms with van der Waals surface area (Å²) in [5.41, 5.74) is 4.40. The number of anilines is 1. The minimum Gasteiger partial charge on any atom is -0.458 e. The van der Waals surface area contributed by atoms with Crippen molar-refractivity contribution in [3.8, 4) is 0 Å². The highest BCUT2D eigenvalue weighted by atomic mass is 32.2. The molecule has 0 aliphatic heterocycles. The van der Waals surface area contributed by atoms with E-state index in [-0.39, 0.29) is 11.9 Å². The van der Waals surface area contributed by atoms with Gasteiger partial charge in [-0.3, -0.25) is 0 Å². The standard InChI is InChI=1S/C27H34N2O3S/c1-5-9-22(14-15-28-16-18-30)21(3)20-23-12-13-26(25-11-8-7-10-24(23)25)29(4)17-19-33-27(31)32-6-2/h5,7-15,20,28,30H,1,6,16-19H2,2-4H3/b15-14-,21-20+,22-9+. The SMILES string of the molecule is C=C/C=C(\C=C/NCCO)C(/C)=C/c1ccc(N(C)CCSC(=O)OCC)c2ccccc12. The summed E-state index contributed by atoms with van der Waals surface area (Å²) in [7, 11) is 2.04. The first-order chi connectivity index (χ1) is 16.0. The Kier molecular flexibility index (Phi) is 11.3. The van der Waals surface area contributed by atoms with E-state index in [9.17, 15) is 4.79 Å². The lowest BCUT2D eigenvalue weighted by molar-refractivity contribution is 0.181. The van der Waals surface area contributed by atoms with Crippen LogP contribution in [0, 0.1) is 0 Å². The number of allylic oxidation sites excluding steroid dienone is 5. The number of benzene rings is 2. The topological polar surface area (TPSA) is 61.8 Å². The molecule has 0 spiro atoms. The van der Waals surface area contributed by atoms with Crippen LogP contribution >= 0.6 is 11.8 Å². The van der Waals surface area contributed by atoms with Crippen molar-refractivity contribution in [2.24, 2.45) is 0 Å². The highest BCUT2D eigenvalue weighted by molar-refractivity contribution is 8.13. The molecule has 0 saturated heterocycles. The van der Waals surface area contributed by atoms with Crippen LogP contribution < -0.4 is 10.2 Å². The summed E-state index contributed by atoms with van der Waals surface area (Å²) >= 11 is 1.21. The van der Waals surface area contributed by atoms with Crippen molar-refractivity contribution in [1.82, 2.24) is 5.32 Å². The van der Waals surface area contributed by atoms with Crippen LogP contribution in [0.25, 0.3) is 16.8 Å². The minimum atomic E-state index is -0.226. The van der Waals surface area contributed by atoms with Gasteiger partial charge in [-0.1, -0.05) is 55.1 Å². The number of thioether (sulfide) groups is 1. The fourth-order valence-electron chi connectivity index (χ4n) is 3.37. The van der Waals surface area contributed by atoms with Gasteiger partial charge in [0.05, 0.1) is 13.2 Å². The Morgan fingerprint density at radius 3 is 2.70 bits per heavy atom. The fraction of sp³-hybridized carbons (Fsp3) is 0.296. The van der Waals surface area contributed by atoms with Gasteiger partial charge >= 0.3 is 5.30 Å². The zero-order valence-corrected chi connectivity index (χ0v) is 20.5. The maximum absolute atomic E-state index is 11.6. The molecule has 2 aromatic carbocycles. The van der Waals surface area contributed by atoms with Gasteiger partial charge in [0.1, 0.15) is 0 Å². The molecule has 0 saturated carbocycles. The number of carbonyl (C=O) groups excluding carboxylic acids is 1. The first-order valence-corrected chi connectivity index (χ1v) is 12.0. The highest BCUT2D eigenvalue weighted by Gasteiger charge is 2.10. The van der Waals surface area contributed by atoms with Gasteiger partial charge in [-0.25, -0.2) is 4.79 Å². The van der Waals surface area contributed by atoms with Gasteiger partial charge < -0.3 is 20.1 Å². The van der Waals surface area contributed by atoms with Gasteiger partial charge in [0.2, 0.25) is 0 Å². The van der Waals surface area contributed by atoms with Gasteiger partial charge in [0.25, 0.3) is 0 Å². The van der Waals surface area contributed by atoms with Crippen molar-refractivity contribution < 1.29 is 14.6 Å². The van der Waals surface area contributed by atoms with Crippen LogP contribution in [-0.4, -0.2) is 49.5 Å². The predicted molar refractivity (Wildman–Crippen MR) is 143 cm³/mol. The summed E-state index contributed by atoms with van der Waals surface area (Å²) in [5.74, 6) is 0.663. The number of aliphatic hydroxyl groups is 1. The van der Waals surface area contributed by atoms with Gasteiger partial charge in [0, 0.05) is 37.0 Å². The molecule has 0 heterocycles. The fourth-order valence-corrected chi connectivity index (χ4v) is 4.10. The van der Waals surface area contributed by atoms with Crippen LogP contribution in [0.15, 0.2) is 78.6 Å². The molecule has 0 amide bonds. The second-order valence-electron chi connectivity index (χ2n) is 7.37. The summed E-state index contributed by atoms with van der Waals surface area (Å²) in [6, 6.07) is 12.6. The normalized spacial score (nSPS) is 12.2. The quantitative estimate of drug-likeness (QED) is 0.235. The third-order valence-corrected chi connectivity index (χ3v) is 5.76. The maximum atomic E-state index is 11.6. The number of rotatable bonds is 12. The third-order valence-electron chi connectivity index (χ3n) is 5.02. The monoisotopic (exact) mass is 466 g/mol. The number of hydrogen-bond donors (Lipinski definition) is 2. The van der Waals surface area contributed by atoms with Crippen LogP contribution in [0.4, 0.5) is 10.5 Å². The molecule has 0 atom stereocenters. The third kappa shape index (κ3) is 8.15. The summed E-state index contributed by atoms with van der Waals surface area (Å²) in [6.07, 6.45) is 9.73. The molecule has 2 rings (SSSR count). The van der Waals surface area contributed by atoms with E-state index in [1.54, 1.807) is 6.08 Å². The lowest BCUT2D eigenvalue weighted by Crippen LogP contribution is -2.21. The van der Waals surface area contributed by atoms with Crippen molar-refractivity contribution in [1.29, 1.82) is 0 Å². The Bertz CT molecular complexity index is 1030. The molecule has 0 radical (unpaired) electrons. The van der Waals surface area contributed by atoms with Gasteiger partial charge in [-0.05, 0) is 66.0 Å². The van der Waals surface area contributed by atoms with Crippen molar-refractivity contribution in [3.63, 3.8) is 0 Å². The number of fused-ring (bicyclic) bond motifs is 1. The Balaban J connectivity index is 2.28. The van der Waals surface area contributed by atoms with Crippen molar-refractivity contribution in [2.45, 2.75) is 13.8 Å². The Labute approximate surface area is 201 Å². The van der Waals surface area contributed by atoms with E-state index in [2.05, 4.69) is 60.1 Å². The van der Waals surface area contributed by atoms with E-state index < -0.39 is 0 Å². The Morgan fingerprint density at radius 2 is 2.00 bits per heavy atom. The van der Waals surface area contributed by atoms with Gasteiger partial charge in [0.15, 0.2) is 0 Å². The molecule has 6 heteroatoms. The summed E-state index contributed by atoms with van der Waals surface area (Å²) in [4.78, 5) is 13.8. The molecule has 2 N–H and O–H groups in total. The van der Waals surface area contributed by atoms with Crippen molar-refractivity contribution >= 4 is 39.6 Å². The maximum Gasteiger partial charge on any atom is 0.367 e. The molecule has 0 aliphatic rings. The molecule has 33 heavy (non-hydrogen) atoms. The van der Waals surface area contributed by atoms with Crippen LogP contribution in [0.3, 0.4) is 0 Å². The van der Waals surface area contributed by atoms with E-state index in [4.69, 9.17) is 9.84 Å². The molecular weight excluding hydrogens is 432 g/mol. The molecule has 176 valence electrons. The number of aliphatic hydroxyl groups excluding tert-OH is 1. The number of carbonyl (C=O) groups is 1. The van der Waals surface area contributed by atoms with E-state index in [1.165, 1.54) is 17.1 Å². The summed E-state index contributed by atoms with van der Waals surface area (Å²) < 4.78 is 4.99. The minimum absolute atomic E-state index is 0.0912. The smallest absolute Gasteiger partial charge is 0.367 e. The molecule has 2 aromatic rings. The first kappa shape index (κ1) is 26.3. The van der Waals surface area contributed by atoms with E-state index in [1.807, 2.05) is 38.4 Å². The second kappa shape index (κ2) is 14.2. The van der Waals surface area contributed by atoms with Crippen LogP contribution in [0.2, 0.25) is 0 Å². The largest absolute Gasteiger partial charge is 0.458 e. The number of nitrogens with one attached hydrogen (secondary N) is 1. The molecule has 5 nitrogen and oxygen atoms in total. The summed E-state index contributed by atoms with van der Waals surface area (Å²) in [6.45, 7) is 9.46. The van der Waals surface area contributed by atoms with E-state index in [0.717, 1.165) is 34.3 Å². The average Bonchev–Trinajstić information content (AvgIpc) is 2.81. The molecule has 0 unspecified atom stereocenters. The lowest BCUT2D eigenvalue weighted by Gasteiger charge is -2.22. The Morgan fingerprint density at radius 1 is 1.24 bits per heavy atom. The van der Waals surface area contributed by atoms with E-state index >= 15 is 0 Å². The number of nitrogens with zero attached hydrogens (tertiary/aromatic N) is 1. The van der Waals surface area contributed by atoms with Crippen LogP contribution in [-0.2, 0) is 4.74 Å². The molecule has 0 fully saturated rings. The second-order valence-corrected chi connectivity index (χ2v) is 8.40. The zero-order chi connectivity index (χ0) is 24.1. The number of ether oxygens (including phenoxy) is 1. The lowest BCUT2D eigenvalue weighted by atomic mass is 9.98. The average molecular weight is 467 g/mol. The first-order valence-electron chi connectivity index (χ1n) is 11.1.